The van der Waals surface area contributed by atoms with Gasteiger partial charge < -0.3 is 15.5 Å². The first-order chi connectivity index (χ1) is 19.5. The minimum absolute atomic E-state index is 0.0900. The Morgan fingerprint density at radius 3 is 2.71 bits per heavy atom. The highest BCUT2D eigenvalue weighted by atomic mass is 32.1. The summed E-state index contributed by atoms with van der Waals surface area (Å²) in [5.41, 5.74) is -1.15. The summed E-state index contributed by atoms with van der Waals surface area (Å²) in [6.07, 6.45) is 4.19. The van der Waals surface area contributed by atoms with E-state index in [4.69, 9.17) is 0 Å². The van der Waals surface area contributed by atoms with Crippen LogP contribution < -0.4 is 10.6 Å². The molecule has 2 aromatic heterocycles. The van der Waals surface area contributed by atoms with Gasteiger partial charge in [-0.05, 0) is 37.8 Å². The van der Waals surface area contributed by atoms with Gasteiger partial charge in [-0.3, -0.25) is 19.7 Å². The number of carbonyl (C=O) groups is 2. The van der Waals surface area contributed by atoms with E-state index in [1.807, 2.05) is 4.90 Å². The molecule has 1 unspecified atom stereocenters. The van der Waals surface area contributed by atoms with Crippen molar-refractivity contribution >= 4 is 40.5 Å². The van der Waals surface area contributed by atoms with Crippen LogP contribution in [0.5, 0.6) is 0 Å². The van der Waals surface area contributed by atoms with Crippen molar-refractivity contribution in [3.05, 3.63) is 57.5 Å². The summed E-state index contributed by atoms with van der Waals surface area (Å²) in [5, 5.41) is 17.7. The van der Waals surface area contributed by atoms with Crippen LogP contribution in [0.2, 0.25) is 0 Å². The van der Waals surface area contributed by atoms with Crippen molar-refractivity contribution < 1.29 is 27.7 Å². The number of non-ortho nitro benzene ring substituents is 1. The first-order valence-corrected chi connectivity index (χ1v) is 13.9. The van der Waals surface area contributed by atoms with Gasteiger partial charge in [0.25, 0.3) is 5.69 Å². The quantitative estimate of drug-likeness (QED) is 0.236. The van der Waals surface area contributed by atoms with E-state index in [2.05, 4.69) is 25.6 Å². The Bertz CT molecular complexity index is 1470. The third kappa shape index (κ3) is 6.14. The van der Waals surface area contributed by atoms with E-state index in [-0.39, 0.29) is 29.1 Å². The second-order valence-electron chi connectivity index (χ2n) is 9.96. The third-order valence-electron chi connectivity index (χ3n) is 7.16. The van der Waals surface area contributed by atoms with E-state index in [9.17, 15) is 32.9 Å². The summed E-state index contributed by atoms with van der Waals surface area (Å²) in [4.78, 5) is 47.5. The molecule has 3 aliphatic heterocycles. The molecule has 3 aromatic rings. The normalized spacial score (nSPS) is 20.2. The van der Waals surface area contributed by atoms with Gasteiger partial charge in [0.15, 0.2) is 0 Å². The fraction of sp³-hybridized carbons (Fsp3) is 0.423. The van der Waals surface area contributed by atoms with Crippen molar-refractivity contribution in [3.63, 3.8) is 0 Å². The molecule has 216 valence electrons. The van der Waals surface area contributed by atoms with E-state index >= 15 is 0 Å². The van der Waals surface area contributed by atoms with Crippen LogP contribution in [-0.4, -0.2) is 49.7 Å². The van der Waals surface area contributed by atoms with Crippen LogP contribution in [0.25, 0.3) is 10.4 Å². The zero-order chi connectivity index (χ0) is 29.2. The van der Waals surface area contributed by atoms with E-state index in [1.165, 1.54) is 29.9 Å². The number of fused-ring (bicyclic) bond motifs is 1. The number of carbonyl (C=O) groups excluding carboxylic acids is 2. The third-order valence-corrected chi connectivity index (χ3v) is 8.40. The SMILES string of the molecule is O=C1CC2(c3ncc(-c4cc(Nc5nccc(C(F)(F)F)n5)cc([N+](=O)[O-])c4)s3)CCCN12.O=C1CCCCCN1. The number of alkyl halides is 3. The highest BCUT2D eigenvalue weighted by Crippen LogP contribution is 2.51. The maximum atomic E-state index is 12.9. The lowest BCUT2D eigenvalue weighted by atomic mass is 9.85. The summed E-state index contributed by atoms with van der Waals surface area (Å²) in [5.74, 6) is -0.0237. The smallest absolute Gasteiger partial charge is 0.356 e. The summed E-state index contributed by atoms with van der Waals surface area (Å²) < 4.78 is 38.8. The first-order valence-electron chi connectivity index (χ1n) is 13.1. The number of β-lactam (4-membered cyclic amide) rings is 1. The molecule has 0 spiro atoms. The van der Waals surface area contributed by atoms with Crippen LogP contribution in [-0.2, 0) is 21.3 Å². The number of halogens is 3. The fourth-order valence-corrected chi connectivity index (χ4v) is 6.27. The van der Waals surface area contributed by atoms with Crippen LogP contribution in [0.15, 0.2) is 36.7 Å². The molecule has 5 heterocycles. The number of thiazole rings is 1. The Kier molecular flexibility index (Phi) is 7.89. The van der Waals surface area contributed by atoms with Crippen molar-refractivity contribution in [2.75, 3.05) is 18.4 Å². The zero-order valence-electron chi connectivity index (χ0n) is 21.7. The minimum Gasteiger partial charge on any atom is -0.356 e. The van der Waals surface area contributed by atoms with Crippen LogP contribution >= 0.6 is 11.3 Å². The average molecular weight is 590 g/mol. The van der Waals surface area contributed by atoms with Crippen LogP contribution in [0.4, 0.5) is 30.5 Å². The lowest BCUT2D eigenvalue weighted by Crippen LogP contribution is -2.57. The Labute approximate surface area is 236 Å². The number of benzene rings is 1. The molecule has 3 saturated heterocycles. The highest BCUT2D eigenvalue weighted by Gasteiger charge is 2.56. The van der Waals surface area contributed by atoms with Crippen molar-refractivity contribution in [1.29, 1.82) is 0 Å². The number of aromatic nitrogens is 3. The number of anilines is 2. The maximum Gasteiger partial charge on any atom is 0.433 e. The highest BCUT2D eigenvalue weighted by molar-refractivity contribution is 7.15. The molecule has 1 aromatic carbocycles. The van der Waals surface area contributed by atoms with Crippen LogP contribution in [0, 0.1) is 10.1 Å². The van der Waals surface area contributed by atoms with Gasteiger partial charge in [-0.2, -0.15) is 13.2 Å². The predicted octanol–water partition coefficient (Wildman–Crippen LogP) is 5.17. The standard InChI is InChI=1S/C20H15F3N6O3S.C6H11NO/c21-20(22,23)15-2-4-24-18(27-15)26-12-6-11(7-13(8-12)29(31)32)14-10-25-17(33-14)19-3-1-5-28(19)16(30)9-19;8-6-4-2-1-3-5-7-6/h2,4,6-8,10H,1,3,5,9H2,(H,24,26,27);1-5H2,(H,7,8). The summed E-state index contributed by atoms with van der Waals surface area (Å²) in [6.45, 7) is 1.58. The molecule has 15 heteroatoms. The second kappa shape index (κ2) is 11.4. The fourth-order valence-electron chi connectivity index (χ4n) is 5.14. The Morgan fingerprint density at radius 1 is 1.12 bits per heavy atom. The average Bonchev–Trinajstić information content (AvgIpc) is 3.48. The zero-order valence-corrected chi connectivity index (χ0v) is 22.6. The van der Waals surface area contributed by atoms with E-state index in [0.29, 0.717) is 23.4 Å². The van der Waals surface area contributed by atoms with E-state index in [0.717, 1.165) is 55.9 Å². The molecular weight excluding hydrogens is 563 g/mol. The number of hydrogen-bond donors (Lipinski definition) is 2. The summed E-state index contributed by atoms with van der Waals surface area (Å²) in [6, 6.07) is 4.85. The number of rotatable bonds is 5. The van der Waals surface area contributed by atoms with Gasteiger partial charge in [-0.1, -0.05) is 6.42 Å². The second-order valence-corrected chi connectivity index (χ2v) is 11.0. The van der Waals surface area contributed by atoms with Crippen molar-refractivity contribution in [3.8, 4) is 10.4 Å². The van der Waals surface area contributed by atoms with Gasteiger partial charge in [0.1, 0.15) is 16.2 Å². The van der Waals surface area contributed by atoms with Gasteiger partial charge in [-0.25, -0.2) is 15.0 Å². The molecule has 6 rings (SSSR count). The van der Waals surface area contributed by atoms with Gasteiger partial charge in [-0.15, -0.1) is 11.3 Å². The van der Waals surface area contributed by atoms with Gasteiger partial charge in [0.05, 0.1) is 16.2 Å². The Balaban J connectivity index is 0.000000365. The molecule has 41 heavy (non-hydrogen) atoms. The van der Waals surface area contributed by atoms with Crippen molar-refractivity contribution in [2.45, 2.75) is 56.7 Å². The molecule has 0 aliphatic carbocycles. The largest absolute Gasteiger partial charge is 0.433 e. The lowest BCUT2D eigenvalue weighted by molar-refractivity contribution is -0.384. The molecule has 3 aliphatic rings. The number of nitro benzene ring substituents is 1. The van der Waals surface area contributed by atoms with Gasteiger partial charge >= 0.3 is 6.18 Å². The lowest BCUT2D eigenvalue weighted by Gasteiger charge is -2.45. The summed E-state index contributed by atoms with van der Waals surface area (Å²) >= 11 is 1.34. The van der Waals surface area contributed by atoms with Crippen molar-refractivity contribution in [2.24, 2.45) is 0 Å². The molecule has 2 amide bonds. The Morgan fingerprint density at radius 2 is 1.95 bits per heavy atom. The topological polar surface area (TPSA) is 143 Å². The van der Waals surface area contributed by atoms with Crippen LogP contribution in [0.1, 0.15) is 55.6 Å². The molecular formula is C26H26F3N7O4S. The number of nitrogens with one attached hydrogen (secondary N) is 2. The van der Waals surface area contributed by atoms with E-state index in [1.54, 1.807) is 12.3 Å². The van der Waals surface area contributed by atoms with E-state index < -0.39 is 22.3 Å². The van der Waals surface area contributed by atoms with Crippen LogP contribution in [0.3, 0.4) is 0 Å². The molecule has 0 radical (unpaired) electrons. The molecule has 0 saturated carbocycles. The number of hydrogen-bond acceptors (Lipinski definition) is 9. The summed E-state index contributed by atoms with van der Waals surface area (Å²) in [7, 11) is 0. The number of nitrogens with zero attached hydrogens (tertiary/aromatic N) is 5. The monoisotopic (exact) mass is 589 g/mol. The number of nitro groups is 1. The minimum atomic E-state index is -4.65. The Hall–Kier alpha value is -4.14. The van der Waals surface area contributed by atoms with Gasteiger partial charge in [0.2, 0.25) is 17.8 Å². The molecule has 0 bridgehead atoms. The maximum absolute atomic E-state index is 12.9. The van der Waals surface area contributed by atoms with Crippen molar-refractivity contribution in [1.82, 2.24) is 25.2 Å². The molecule has 2 N–H and O–H groups in total. The predicted molar refractivity (Wildman–Crippen MR) is 143 cm³/mol. The molecule has 1 atom stereocenters. The molecule has 3 fully saturated rings. The first kappa shape index (κ1) is 28.4. The number of amides is 2. The van der Waals surface area contributed by atoms with Gasteiger partial charge in [0, 0.05) is 55.3 Å². The molecule has 11 nitrogen and oxygen atoms in total.